The van der Waals surface area contributed by atoms with Gasteiger partial charge in [-0.25, -0.2) is 4.79 Å². The van der Waals surface area contributed by atoms with E-state index < -0.39 is 0 Å². The average Bonchev–Trinajstić information content (AvgIpc) is 2.32. The van der Waals surface area contributed by atoms with Crippen LogP contribution in [0.3, 0.4) is 0 Å². The van der Waals surface area contributed by atoms with E-state index >= 15 is 0 Å². The second kappa shape index (κ2) is 5.56. The second-order valence-electron chi connectivity index (χ2n) is 4.46. The highest BCUT2D eigenvalue weighted by molar-refractivity contribution is 7.80. The molecule has 1 aromatic carbocycles. The SMILES string of the molecule is CN1CCC(OC(=O)c2cccc(S)c2)CC1. The van der Waals surface area contributed by atoms with Crippen molar-refractivity contribution in [1.29, 1.82) is 0 Å². The number of ether oxygens (including phenoxy) is 1. The van der Waals surface area contributed by atoms with Crippen LogP contribution >= 0.6 is 12.6 Å². The summed E-state index contributed by atoms with van der Waals surface area (Å²) >= 11 is 4.21. The highest BCUT2D eigenvalue weighted by atomic mass is 32.1. The molecule has 1 aromatic rings. The molecule has 0 radical (unpaired) electrons. The smallest absolute Gasteiger partial charge is 0.338 e. The lowest BCUT2D eigenvalue weighted by molar-refractivity contribution is 0.0139. The first-order valence-electron chi connectivity index (χ1n) is 5.84. The van der Waals surface area contributed by atoms with Gasteiger partial charge < -0.3 is 9.64 Å². The molecule has 0 amide bonds. The lowest BCUT2D eigenvalue weighted by atomic mass is 10.1. The number of rotatable bonds is 2. The number of benzene rings is 1. The standard InChI is InChI=1S/C13H17NO2S/c1-14-7-5-11(6-8-14)16-13(15)10-3-2-4-12(17)9-10/h2-4,9,11,17H,5-8H2,1H3. The molecule has 1 aliphatic heterocycles. The molecule has 4 heteroatoms. The van der Waals surface area contributed by atoms with Gasteiger partial charge in [-0.2, -0.15) is 0 Å². The topological polar surface area (TPSA) is 29.5 Å². The third-order valence-corrected chi connectivity index (χ3v) is 3.30. The molecule has 17 heavy (non-hydrogen) atoms. The fourth-order valence-electron chi connectivity index (χ4n) is 1.96. The Labute approximate surface area is 107 Å². The molecule has 92 valence electrons. The van der Waals surface area contributed by atoms with Crippen LogP contribution in [-0.2, 0) is 4.74 Å². The molecular weight excluding hydrogens is 234 g/mol. The van der Waals surface area contributed by atoms with Gasteiger partial charge in [0.2, 0.25) is 0 Å². The van der Waals surface area contributed by atoms with E-state index in [-0.39, 0.29) is 12.1 Å². The molecule has 0 aliphatic carbocycles. The van der Waals surface area contributed by atoms with Gasteiger partial charge in [0.1, 0.15) is 6.10 Å². The van der Waals surface area contributed by atoms with Crippen LogP contribution in [0.4, 0.5) is 0 Å². The van der Waals surface area contributed by atoms with Crippen LogP contribution in [0.2, 0.25) is 0 Å². The molecule has 0 saturated carbocycles. The predicted molar refractivity (Wildman–Crippen MR) is 69.6 cm³/mol. The number of piperidine rings is 1. The maximum atomic E-state index is 11.9. The summed E-state index contributed by atoms with van der Waals surface area (Å²) in [5.74, 6) is -0.240. The molecule has 0 unspecified atom stereocenters. The molecule has 1 aliphatic rings. The van der Waals surface area contributed by atoms with Gasteiger partial charge in [0.05, 0.1) is 5.56 Å². The Morgan fingerprint density at radius 3 is 2.76 bits per heavy atom. The van der Waals surface area contributed by atoms with Gasteiger partial charge >= 0.3 is 5.97 Å². The summed E-state index contributed by atoms with van der Waals surface area (Å²) in [6, 6.07) is 7.15. The number of likely N-dealkylation sites (tertiary alicyclic amines) is 1. The average molecular weight is 251 g/mol. The lowest BCUT2D eigenvalue weighted by Crippen LogP contribution is -2.35. The van der Waals surface area contributed by atoms with E-state index in [1.165, 1.54) is 0 Å². The number of hydrogen-bond donors (Lipinski definition) is 1. The number of thiol groups is 1. The van der Waals surface area contributed by atoms with Crippen LogP contribution in [0.1, 0.15) is 23.2 Å². The van der Waals surface area contributed by atoms with E-state index in [9.17, 15) is 4.79 Å². The van der Waals surface area contributed by atoms with Crippen molar-refractivity contribution in [1.82, 2.24) is 4.90 Å². The maximum absolute atomic E-state index is 11.9. The number of carbonyl (C=O) groups is 1. The Balaban J connectivity index is 1.93. The molecule has 1 heterocycles. The van der Waals surface area contributed by atoms with Gasteiger partial charge in [-0.15, -0.1) is 12.6 Å². The highest BCUT2D eigenvalue weighted by Gasteiger charge is 2.20. The van der Waals surface area contributed by atoms with Gasteiger partial charge in [-0.3, -0.25) is 0 Å². The fraction of sp³-hybridized carbons (Fsp3) is 0.462. The van der Waals surface area contributed by atoms with Crippen LogP contribution in [0.25, 0.3) is 0 Å². The Bertz CT molecular complexity index is 400. The predicted octanol–water partition coefficient (Wildman–Crippen LogP) is 2.23. The lowest BCUT2D eigenvalue weighted by Gasteiger charge is -2.28. The zero-order chi connectivity index (χ0) is 12.3. The van der Waals surface area contributed by atoms with Crippen LogP contribution in [0, 0.1) is 0 Å². The summed E-state index contributed by atoms with van der Waals surface area (Å²) in [6.45, 7) is 1.98. The van der Waals surface area contributed by atoms with Gasteiger partial charge in [0, 0.05) is 18.0 Å². The molecule has 1 fully saturated rings. The minimum atomic E-state index is -0.240. The van der Waals surface area contributed by atoms with Gasteiger partial charge in [0.15, 0.2) is 0 Å². The quantitative estimate of drug-likeness (QED) is 0.645. The summed E-state index contributed by atoms with van der Waals surface area (Å²) in [5, 5.41) is 0. The summed E-state index contributed by atoms with van der Waals surface area (Å²) < 4.78 is 5.48. The summed E-state index contributed by atoms with van der Waals surface area (Å²) in [7, 11) is 2.09. The van der Waals surface area contributed by atoms with E-state index in [1.807, 2.05) is 12.1 Å². The number of carbonyl (C=O) groups excluding carboxylic acids is 1. The van der Waals surface area contributed by atoms with Crippen LogP contribution in [-0.4, -0.2) is 37.1 Å². The van der Waals surface area contributed by atoms with Gasteiger partial charge in [-0.1, -0.05) is 6.07 Å². The number of esters is 1. The third-order valence-electron chi connectivity index (χ3n) is 3.02. The first kappa shape index (κ1) is 12.5. The first-order chi connectivity index (χ1) is 8.15. The molecule has 0 bridgehead atoms. The Hall–Kier alpha value is -1.00. The van der Waals surface area contributed by atoms with Crippen LogP contribution in [0.5, 0.6) is 0 Å². The molecule has 3 nitrogen and oxygen atoms in total. The van der Waals surface area contributed by atoms with Crippen LogP contribution < -0.4 is 0 Å². The van der Waals surface area contributed by atoms with E-state index in [2.05, 4.69) is 24.6 Å². The van der Waals surface area contributed by atoms with Crippen molar-refractivity contribution in [2.75, 3.05) is 20.1 Å². The first-order valence-corrected chi connectivity index (χ1v) is 6.28. The Kier molecular flexibility index (Phi) is 4.07. The monoisotopic (exact) mass is 251 g/mol. The van der Waals surface area contributed by atoms with Gasteiger partial charge in [0.25, 0.3) is 0 Å². The zero-order valence-electron chi connectivity index (χ0n) is 9.93. The van der Waals surface area contributed by atoms with Crippen molar-refractivity contribution >= 4 is 18.6 Å². The molecule has 0 N–H and O–H groups in total. The minimum Gasteiger partial charge on any atom is -0.459 e. The van der Waals surface area contributed by atoms with Crippen molar-refractivity contribution in [2.45, 2.75) is 23.8 Å². The minimum absolute atomic E-state index is 0.0577. The maximum Gasteiger partial charge on any atom is 0.338 e. The zero-order valence-corrected chi connectivity index (χ0v) is 10.8. The van der Waals surface area contributed by atoms with Gasteiger partial charge in [-0.05, 0) is 38.1 Å². The van der Waals surface area contributed by atoms with Crippen molar-refractivity contribution in [3.8, 4) is 0 Å². The van der Waals surface area contributed by atoms with E-state index in [4.69, 9.17) is 4.74 Å². The second-order valence-corrected chi connectivity index (χ2v) is 4.97. The number of nitrogens with zero attached hydrogens (tertiary/aromatic N) is 1. The fourth-order valence-corrected chi connectivity index (χ4v) is 2.18. The normalized spacial score (nSPS) is 18.0. The Morgan fingerprint density at radius 1 is 1.41 bits per heavy atom. The van der Waals surface area contributed by atoms with E-state index in [1.54, 1.807) is 12.1 Å². The van der Waals surface area contributed by atoms with Crippen molar-refractivity contribution < 1.29 is 9.53 Å². The molecular formula is C13H17NO2S. The van der Waals surface area contributed by atoms with Crippen molar-refractivity contribution in [3.05, 3.63) is 29.8 Å². The van der Waals surface area contributed by atoms with Crippen molar-refractivity contribution in [2.24, 2.45) is 0 Å². The molecule has 0 atom stereocenters. The largest absolute Gasteiger partial charge is 0.459 e. The molecule has 1 saturated heterocycles. The Morgan fingerprint density at radius 2 is 2.12 bits per heavy atom. The third kappa shape index (κ3) is 3.48. The van der Waals surface area contributed by atoms with Crippen LogP contribution in [0.15, 0.2) is 29.2 Å². The van der Waals surface area contributed by atoms with Crippen molar-refractivity contribution in [3.63, 3.8) is 0 Å². The highest BCUT2D eigenvalue weighted by Crippen LogP contribution is 2.16. The van der Waals surface area contributed by atoms with E-state index in [0.717, 1.165) is 30.8 Å². The summed E-state index contributed by atoms with van der Waals surface area (Å²) in [4.78, 5) is 14.9. The summed E-state index contributed by atoms with van der Waals surface area (Å²) in [5.41, 5.74) is 0.580. The summed E-state index contributed by atoms with van der Waals surface area (Å²) in [6.07, 6.45) is 1.90. The molecule has 0 aromatic heterocycles. The molecule has 0 spiro atoms. The van der Waals surface area contributed by atoms with E-state index in [0.29, 0.717) is 5.56 Å². The molecule has 2 rings (SSSR count). The number of hydrogen-bond acceptors (Lipinski definition) is 4.